The van der Waals surface area contributed by atoms with Gasteiger partial charge in [0.2, 0.25) is 0 Å². The number of rotatable bonds is 4. The molecule has 0 aliphatic rings. The molecule has 1 aromatic carbocycles. The van der Waals surface area contributed by atoms with Crippen molar-refractivity contribution in [3.8, 4) is 0 Å². The van der Waals surface area contributed by atoms with Crippen LogP contribution >= 0.6 is 24.0 Å². The second kappa shape index (κ2) is 7.34. The molecule has 2 N–H and O–H groups in total. The highest BCUT2D eigenvalue weighted by molar-refractivity contribution is 8.22. The van der Waals surface area contributed by atoms with E-state index in [-0.39, 0.29) is 5.56 Å². The first-order valence-electron chi connectivity index (χ1n) is 7.00. The van der Waals surface area contributed by atoms with Crippen molar-refractivity contribution in [2.24, 2.45) is 0 Å². The van der Waals surface area contributed by atoms with Gasteiger partial charge in [0, 0.05) is 18.9 Å². The zero-order chi connectivity index (χ0) is 16.1. The molecule has 0 unspecified atom stereocenters. The van der Waals surface area contributed by atoms with Crippen LogP contribution in [0.25, 0.3) is 10.9 Å². The van der Waals surface area contributed by atoms with Gasteiger partial charge in [0.05, 0.1) is 16.7 Å². The van der Waals surface area contributed by atoms with Gasteiger partial charge >= 0.3 is 0 Å². The molecule has 0 atom stereocenters. The van der Waals surface area contributed by atoms with Crippen molar-refractivity contribution < 1.29 is 0 Å². The van der Waals surface area contributed by atoms with Gasteiger partial charge in [-0.15, -0.1) is 0 Å². The third kappa shape index (κ3) is 4.14. The summed E-state index contributed by atoms with van der Waals surface area (Å²) in [6.07, 6.45) is 3.53. The molecule has 5 nitrogen and oxygen atoms in total. The van der Waals surface area contributed by atoms with Crippen LogP contribution in [-0.2, 0) is 12.3 Å². The van der Waals surface area contributed by atoms with Crippen molar-refractivity contribution in [1.29, 1.82) is 0 Å². The number of H-pyrrole nitrogens is 1. The molecule has 3 aromatic rings. The number of para-hydroxylation sites is 1. The topological polar surface area (TPSA) is 70.7 Å². The SMILES string of the molecule is O=c1[nH]c(CSC(=S)NCc2cccnc2)nc2ccccc12. The first kappa shape index (κ1) is 15.6. The number of hydrogen-bond donors (Lipinski definition) is 2. The van der Waals surface area contributed by atoms with Crippen molar-refractivity contribution in [2.45, 2.75) is 12.3 Å². The lowest BCUT2D eigenvalue weighted by Crippen LogP contribution is -2.18. The Balaban J connectivity index is 1.60. The molecule has 0 saturated heterocycles. The van der Waals surface area contributed by atoms with Gasteiger partial charge in [0.15, 0.2) is 0 Å². The molecule has 0 saturated carbocycles. The highest BCUT2D eigenvalue weighted by atomic mass is 32.2. The van der Waals surface area contributed by atoms with Crippen LogP contribution in [0.3, 0.4) is 0 Å². The minimum atomic E-state index is -0.125. The predicted molar refractivity (Wildman–Crippen MR) is 97.3 cm³/mol. The highest BCUT2D eigenvalue weighted by Gasteiger charge is 2.05. The van der Waals surface area contributed by atoms with Gasteiger partial charge in [-0.2, -0.15) is 0 Å². The molecule has 0 spiro atoms. The smallest absolute Gasteiger partial charge is 0.258 e. The molecular weight excluding hydrogens is 328 g/mol. The average Bonchev–Trinajstić information content (AvgIpc) is 2.59. The average molecular weight is 342 g/mol. The molecule has 0 amide bonds. The van der Waals surface area contributed by atoms with Crippen molar-refractivity contribution in [1.82, 2.24) is 20.3 Å². The number of benzene rings is 1. The summed E-state index contributed by atoms with van der Waals surface area (Å²) in [5, 5.41) is 3.75. The maximum Gasteiger partial charge on any atom is 0.258 e. The Bertz CT molecular complexity index is 880. The van der Waals surface area contributed by atoms with Gasteiger partial charge in [-0.25, -0.2) is 4.98 Å². The Kier molecular flexibility index (Phi) is 4.99. The first-order chi connectivity index (χ1) is 11.2. The van der Waals surface area contributed by atoms with E-state index in [1.807, 2.05) is 30.3 Å². The second-order valence-corrected chi connectivity index (χ2v) is 6.47. The van der Waals surface area contributed by atoms with Crippen LogP contribution in [0.15, 0.2) is 53.6 Å². The molecule has 3 rings (SSSR count). The second-order valence-electron chi connectivity index (χ2n) is 4.82. The molecular formula is C16H14N4OS2. The van der Waals surface area contributed by atoms with Gasteiger partial charge in [-0.05, 0) is 23.8 Å². The normalized spacial score (nSPS) is 10.6. The number of aromatic nitrogens is 3. The summed E-state index contributed by atoms with van der Waals surface area (Å²) in [6, 6.07) is 11.2. The Labute approximate surface area is 142 Å². The Morgan fingerprint density at radius 3 is 2.96 bits per heavy atom. The van der Waals surface area contributed by atoms with E-state index >= 15 is 0 Å². The van der Waals surface area contributed by atoms with Gasteiger partial charge in [0.1, 0.15) is 10.1 Å². The van der Waals surface area contributed by atoms with E-state index < -0.39 is 0 Å². The van der Waals surface area contributed by atoms with E-state index in [9.17, 15) is 4.79 Å². The van der Waals surface area contributed by atoms with Crippen LogP contribution in [0.2, 0.25) is 0 Å². The minimum absolute atomic E-state index is 0.125. The molecule has 7 heteroatoms. The fourth-order valence-corrected chi connectivity index (χ4v) is 2.89. The molecule has 0 radical (unpaired) electrons. The minimum Gasteiger partial charge on any atom is -0.367 e. The van der Waals surface area contributed by atoms with Crippen LogP contribution in [0.5, 0.6) is 0 Å². The Morgan fingerprint density at radius 2 is 2.13 bits per heavy atom. The van der Waals surface area contributed by atoms with Crippen molar-refractivity contribution in [3.05, 3.63) is 70.5 Å². The molecule has 0 aliphatic carbocycles. The largest absolute Gasteiger partial charge is 0.367 e. The summed E-state index contributed by atoms with van der Waals surface area (Å²) >= 11 is 6.73. The van der Waals surface area contributed by atoms with Crippen LogP contribution < -0.4 is 10.9 Å². The molecule has 0 fully saturated rings. The summed E-state index contributed by atoms with van der Waals surface area (Å²) < 4.78 is 0.657. The molecule has 0 aliphatic heterocycles. The third-order valence-electron chi connectivity index (χ3n) is 3.16. The predicted octanol–water partition coefficient (Wildman–Crippen LogP) is 2.63. The lowest BCUT2D eigenvalue weighted by molar-refractivity contribution is 0.929. The summed E-state index contributed by atoms with van der Waals surface area (Å²) in [5.41, 5.74) is 1.63. The number of fused-ring (bicyclic) bond motifs is 1. The highest BCUT2D eigenvalue weighted by Crippen LogP contribution is 2.12. The van der Waals surface area contributed by atoms with Crippen LogP contribution in [-0.4, -0.2) is 19.3 Å². The fourth-order valence-electron chi connectivity index (χ4n) is 2.07. The van der Waals surface area contributed by atoms with E-state index in [0.717, 1.165) is 5.56 Å². The maximum absolute atomic E-state index is 12.0. The summed E-state index contributed by atoms with van der Waals surface area (Å²) in [7, 11) is 0. The molecule has 0 bridgehead atoms. The molecule has 116 valence electrons. The van der Waals surface area contributed by atoms with Crippen molar-refractivity contribution in [2.75, 3.05) is 0 Å². The van der Waals surface area contributed by atoms with Crippen LogP contribution in [0.4, 0.5) is 0 Å². The zero-order valence-electron chi connectivity index (χ0n) is 12.2. The summed E-state index contributed by atoms with van der Waals surface area (Å²) in [4.78, 5) is 23.3. The third-order valence-corrected chi connectivity index (χ3v) is 4.48. The summed E-state index contributed by atoms with van der Waals surface area (Å²) in [5.74, 6) is 1.13. The maximum atomic E-state index is 12.0. The molecule has 2 heterocycles. The molecule has 2 aromatic heterocycles. The standard InChI is InChI=1S/C16H14N4OS2/c21-15-12-5-1-2-6-13(12)19-14(20-15)10-23-16(22)18-9-11-4-3-7-17-8-11/h1-8H,9-10H2,(H,18,22)(H,19,20,21). The number of hydrogen-bond acceptors (Lipinski definition) is 5. The van der Waals surface area contributed by atoms with Gasteiger partial charge < -0.3 is 10.3 Å². The zero-order valence-corrected chi connectivity index (χ0v) is 13.8. The lowest BCUT2D eigenvalue weighted by Gasteiger charge is -2.07. The Morgan fingerprint density at radius 1 is 1.26 bits per heavy atom. The van der Waals surface area contributed by atoms with E-state index in [1.165, 1.54) is 11.8 Å². The number of thioether (sulfide) groups is 1. The van der Waals surface area contributed by atoms with E-state index in [0.29, 0.717) is 33.3 Å². The van der Waals surface area contributed by atoms with Crippen molar-refractivity contribution in [3.63, 3.8) is 0 Å². The van der Waals surface area contributed by atoms with E-state index in [1.54, 1.807) is 18.5 Å². The number of thiocarbonyl (C=S) groups is 1. The summed E-state index contributed by atoms with van der Waals surface area (Å²) in [6.45, 7) is 0.626. The number of pyridine rings is 1. The number of nitrogens with zero attached hydrogens (tertiary/aromatic N) is 2. The number of aromatic amines is 1. The van der Waals surface area contributed by atoms with Gasteiger partial charge in [-0.3, -0.25) is 9.78 Å². The lowest BCUT2D eigenvalue weighted by atomic mass is 10.2. The van der Waals surface area contributed by atoms with Crippen LogP contribution in [0, 0.1) is 0 Å². The molecule has 23 heavy (non-hydrogen) atoms. The van der Waals surface area contributed by atoms with Gasteiger partial charge in [0.25, 0.3) is 5.56 Å². The van der Waals surface area contributed by atoms with E-state index in [4.69, 9.17) is 12.2 Å². The van der Waals surface area contributed by atoms with E-state index in [2.05, 4.69) is 20.3 Å². The fraction of sp³-hybridized carbons (Fsp3) is 0.125. The first-order valence-corrected chi connectivity index (χ1v) is 8.39. The van der Waals surface area contributed by atoms with Crippen LogP contribution in [0.1, 0.15) is 11.4 Å². The number of nitrogens with one attached hydrogen (secondary N) is 2. The quantitative estimate of drug-likeness (QED) is 0.710. The Hall–Kier alpha value is -2.25. The monoisotopic (exact) mass is 342 g/mol. The van der Waals surface area contributed by atoms with Crippen molar-refractivity contribution >= 4 is 39.2 Å². The van der Waals surface area contributed by atoms with Gasteiger partial charge in [-0.1, -0.05) is 42.2 Å².